The van der Waals surface area contributed by atoms with Crippen LogP contribution in [0, 0.1) is 0 Å². The molecule has 0 aliphatic carbocycles. The minimum absolute atomic E-state index is 0.245. The number of nitrogens with two attached hydrogens (primary N) is 1. The highest BCUT2D eigenvalue weighted by Gasteiger charge is 2.05. The van der Waals surface area contributed by atoms with Crippen molar-refractivity contribution in [1.82, 2.24) is 4.90 Å². The highest BCUT2D eigenvalue weighted by Crippen LogP contribution is 1.91. The van der Waals surface area contributed by atoms with Gasteiger partial charge in [-0.05, 0) is 19.9 Å². The highest BCUT2D eigenvalue weighted by molar-refractivity contribution is 5.81. The van der Waals surface area contributed by atoms with Crippen molar-refractivity contribution in [3.63, 3.8) is 0 Å². The van der Waals surface area contributed by atoms with Crippen molar-refractivity contribution < 1.29 is 9.94 Å². The molecular formula is C9H21N3O2. The second-order valence-electron chi connectivity index (χ2n) is 3.06. The van der Waals surface area contributed by atoms with Crippen molar-refractivity contribution in [3.8, 4) is 0 Å². The Balaban J connectivity index is 3.76. The van der Waals surface area contributed by atoms with Gasteiger partial charge in [-0.3, -0.25) is 4.90 Å². The normalized spacial score (nSPS) is 12.4. The lowest BCUT2D eigenvalue weighted by atomic mass is 10.4. The van der Waals surface area contributed by atoms with E-state index in [1.54, 1.807) is 0 Å². The number of amidine groups is 1. The summed E-state index contributed by atoms with van der Waals surface area (Å²) in [5.41, 5.74) is 5.43. The van der Waals surface area contributed by atoms with Crippen LogP contribution in [0.1, 0.15) is 20.3 Å². The van der Waals surface area contributed by atoms with E-state index in [2.05, 4.69) is 17.0 Å². The predicted octanol–water partition coefficient (Wildman–Crippen LogP) is 0.481. The van der Waals surface area contributed by atoms with Crippen molar-refractivity contribution in [1.29, 1.82) is 0 Å². The summed E-state index contributed by atoms with van der Waals surface area (Å²) in [4.78, 5) is 2.10. The van der Waals surface area contributed by atoms with E-state index in [-0.39, 0.29) is 5.84 Å². The SMILES string of the molecule is CCCN(CCOCC)CC(N)=NO. The Kier molecular flexibility index (Phi) is 8.27. The van der Waals surface area contributed by atoms with Gasteiger partial charge in [0.2, 0.25) is 0 Å². The van der Waals surface area contributed by atoms with Crippen LogP contribution in [0.2, 0.25) is 0 Å². The van der Waals surface area contributed by atoms with Gasteiger partial charge in [-0.1, -0.05) is 12.1 Å². The lowest BCUT2D eigenvalue weighted by molar-refractivity contribution is 0.118. The van der Waals surface area contributed by atoms with Gasteiger partial charge in [0, 0.05) is 13.2 Å². The van der Waals surface area contributed by atoms with Crippen molar-refractivity contribution in [2.45, 2.75) is 20.3 Å². The van der Waals surface area contributed by atoms with Crippen LogP contribution >= 0.6 is 0 Å². The van der Waals surface area contributed by atoms with Gasteiger partial charge in [0.05, 0.1) is 13.2 Å². The number of hydrogen-bond acceptors (Lipinski definition) is 4. The summed E-state index contributed by atoms with van der Waals surface area (Å²) in [6.07, 6.45) is 1.05. The van der Waals surface area contributed by atoms with E-state index in [4.69, 9.17) is 15.7 Å². The fourth-order valence-electron chi connectivity index (χ4n) is 1.18. The molecule has 0 amide bonds. The summed E-state index contributed by atoms with van der Waals surface area (Å²) in [6, 6.07) is 0. The Bertz CT molecular complexity index is 162. The molecular weight excluding hydrogens is 182 g/mol. The van der Waals surface area contributed by atoms with Gasteiger partial charge < -0.3 is 15.7 Å². The van der Waals surface area contributed by atoms with Crippen LogP contribution in [-0.4, -0.2) is 48.8 Å². The summed E-state index contributed by atoms with van der Waals surface area (Å²) in [5.74, 6) is 0.245. The van der Waals surface area contributed by atoms with Crippen LogP contribution in [0.15, 0.2) is 5.16 Å². The van der Waals surface area contributed by atoms with Gasteiger partial charge in [-0.2, -0.15) is 0 Å². The fraction of sp³-hybridized carbons (Fsp3) is 0.889. The molecule has 14 heavy (non-hydrogen) atoms. The van der Waals surface area contributed by atoms with Crippen LogP contribution in [0.3, 0.4) is 0 Å². The van der Waals surface area contributed by atoms with Gasteiger partial charge in [0.1, 0.15) is 0 Å². The number of oxime groups is 1. The molecule has 0 aliphatic heterocycles. The Morgan fingerprint density at radius 2 is 2.14 bits per heavy atom. The maximum Gasteiger partial charge on any atom is 0.153 e. The maximum atomic E-state index is 8.43. The Morgan fingerprint density at radius 3 is 2.64 bits per heavy atom. The summed E-state index contributed by atoms with van der Waals surface area (Å²) in [7, 11) is 0. The van der Waals surface area contributed by atoms with E-state index < -0.39 is 0 Å². The second kappa shape index (κ2) is 8.77. The molecule has 0 aliphatic rings. The lowest BCUT2D eigenvalue weighted by Gasteiger charge is -2.20. The zero-order valence-electron chi connectivity index (χ0n) is 9.07. The van der Waals surface area contributed by atoms with E-state index >= 15 is 0 Å². The van der Waals surface area contributed by atoms with Crippen molar-refractivity contribution in [2.75, 3.05) is 32.8 Å². The third-order valence-corrected chi connectivity index (χ3v) is 1.81. The summed E-state index contributed by atoms with van der Waals surface area (Å²) < 4.78 is 5.24. The smallest absolute Gasteiger partial charge is 0.153 e. The van der Waals surface area contributed by atoms with Crippen molar-refractivity contribution in [3.05, 3.63) is 0 Å². The Hall–Kier alpha value is -0.810. The molecule has 3 N–H and O–H groups in total. The van der Waals surface area contributed by atoms with Gasteiger partial charge in [-0.15, -0.1) is 0 Å². The summed E-state index contributed by atoms with van der Waals surface area (Å²) >= 11 is 0. The molecule has 0 radical (unpaired) electrons. The average molecular weight is 203 g/mol. The first-order valence-corrected chi connectivity index (χ1v) is 5.01. The molecule has 84 valence electrons. The van der Waals surface area contributed by atoms with Crippen LogP contribution in [0.4, 0.5) is 0 Å². The largest absolute Gasteiger partial charge is 0.409 e. The van der Waals surface area contributed by atoms with Crippen LogP contribution in [-0.2, 0) is 4.74 Å². The van der Waals surface area contributed by atoms with E-state index in [9.17, 15) is 0 Å². The molecule has 0 unspecified atom stereocenters. The number of nitrogens with zero attached hydrogens (tertiary/aromatic N) is 2. The van der Waals surface area contributed by atoms with E-state index in [1.165, 1.54) is 0 Å². The minimum atomic E-state index is 0.245. The zero-order valence-corrected chi connectivity index (χ0v) is 9.07. The first kappa shape index (κ1) is 13.2. The van der Waals surface area contributed by atoms with Crippen molar-refractivity contribution in [2.24, 2.45) is 10.9 Å². The molecule has 0 saturated heterocycles. The van der Waals surface area contributed by atoms with Crippen LogP contribution in [0.5, 0.6) is 0 Å². The molecule has 0 aromatic carbocycles. The highest BCUT2D eigenvalue weighted by atomic mass is 16.5. The average Bonchev–Trinajstić information content (AvgIpc) is 2.18. The lowest BCUT2D eigenvalue weighted by Crippen LogP contribution is -2.36. The molecule has 0 spiro atoms. The van der Waals surface area contributed by atoms with Gasteiger partial charge >= 0.3 is 0 Å². The molecule has 0 saturated carbocycles. The molecule has 0 atom stereocenters. The molecule has 5 heteroatoms. The number of hydrogen-bond donors (Lipinski definition) is 2. The Morgan fingerprint density at radius 1 is 1.43 bits per heavy atom. The maximum absolute atomic E-state index is 8.43. The van der Waals surface area contributed by atoms with Crippen LogP contribution < -0.4 is 5.73 Å². The molecule has 0 aromatic rings. The van der Waals surface area contributed by atoms with Gasteiger partial charge in [0.15, 0.2) is 5.84 Å². The first-order valence-electron chi connectivity index (χ1n) is 5.01. The topological polar surface area (TPSA) is 71.1 Å². The molecule has 0 aromatic heterocycles. The monoisotopic (exact) mass is 203 g/mol. The first-order chi connectivity index (χ1) is 6.74. The van der Waals surface area contributed by atoms with E-state index in [1.807, 2.05) is 6.92 Å². The van der Waals surface area contributed by atoms with Gasteiger partial charge in [-0.25, -0.2) is 0 Å². The third-order valence-electron chi connectivity index (χ3n) is 1.81. The molecule has 5 nitrogen and oxygen atoms in total. The predicted molar refractivity (Wildman–Crippen MR) is 56.6 cm³/mol. The van der Waals surface area contributed by atoms with Crippen LogP contribution in [0.25, 0.3) is 0 Å². The number of rotatable bonds is 8. The number of ether oxygens (including phenoxy) is 1. The zero-order chi connectivity index (χ0) is 10.8. The molecule has 0 fully saturated rings. The summed E-state index contributed by atoms with van der Waals surface area (Å²) in [5, 5.41) is 11.4. The van der Waals surface area contributed by atoms with E-state index in [0.717, 1.165) is 26.1 Å². The van der Waals surface area contributed by atoms with Gasteiger partial charge in [0.25, 0.3) is 0 Å². The van der Waals surface area contributed by atoms with Crippen molar-refractivity contribution >= 4 is 5.84 Å². The minimum Gasteiger partial charge on any atom is -0.409 e. The molecule has 0 bridgehead atoms. The third kappa shape index (κ3) is 6.68. The molecule has 0 heterocycles. The molecule has 0 rings (SSSR count). The summed E-state index contributed by atoms with van der Waals surface area (Å²) in [6.45, 7) is 7.73. The fourth-order valence-corrected chi connectivity index (χ4v) is 1.18. The van der Waals surface area contributed by atoms with E-state index in [0.29, 0.717) is 13.2 Å². The standard InChI is InChI=1S/C9H21N3O2/c1-3-5-12(6-7-14-4-2)8-9(10)11-13/h13H,3-8H2,1-2H3,(H2,10,11). The Labute approximate surface area is 85.5 Å². The second-order valence-corrected chi connectivity index (χ2v) is 3.06. The quantitative estimate of drug-likeness (QED) is 0.198.